The summed E-state index contributed by atoms with van der Waals surface area (Å²) in [4.78, 5) is 28.4. The van der Waals surface area contributed by atoms with Gasteiger partial charge in [-0.25, -0.2) is 12.8 Å². The van der Waals surface area contributed by atoms with Crippen molar-refractivity contribution in [3.05, 3.63) is 72.0 Å². The average molecular weight is 540 g/mol. The first-order chi connectivity index (χ1) is 18.2. The van der Waals surface area contributed by atoms with Crippen molar-refractivity contribution < 1.29 is 22.4 Å². The maximum atomic E-state index is 13.5. The van der Waals surface area contributed by atoms with Gasteiger partial charge in [0.05, 0.1) is 10.6 Å². The summed E-state index contributed by atoms with van der Waals surface area (Å²) in [6, 6.07) is 15.8. The Morgan fingerprint density at radius 1 is 1.00 bits per heavy atom. The summed E-state index contributed by atoms with van der Waals surface area (Å²) in [6.07, 6.45) is 1.51. The van der Waals surface area contributed by atoms with E-state index < -0.39 is 16.1 Å². The van der Waals surface area contributed by atoms with Crippen LogP contribution in [0.1, 0.15) is 52.0 Å². The van der Waals surface area contributed by atoms with E-state index in [2.05, 4.69) is 5.32 Å². The van der Waals surface area contributed by atoms with Crippen LogP contribution < -0.4 is 9.62 Å². The monoisotopic (exact) mass is 539 g/mol. The van der Waals surface area contributed by atoms with E-state index in [9.17, 15) is 22.4 Å². The molecular formula is C29H34FN3O4S. The molecule has 0 unspecified atom stereocenters. The van der Waals surface area contributed by atoms with Crippen molar-refractivity contribution in [3.63, 3.8) is 0 Å². The van der Waals surface area contributed by atoms with Crippen LogP contribution >= 0.6 is 0 Å². The molecule has 0 bridgehead atoms. The molecule has 9 heteroatoms. The molecule has 0 radical (unpaired) electrons. The van der Waals surface area contributed by atoms with Gasteiger partial charge in [-0.15, -0.1) is 0 Å². The number of carbonyl (C=O) groups is 2. The van der Waals surface area contributed by atoms with Crippen molar-refractivity contribution >= 4 is 38.3 Å². The lowest BCUT2D eigenvalue weighted by Crippen LogP contribution is -2.50. The van der Waals surface area contributed by atoms with Crippen molar-refractivity contribution in [2.45, 2.75) is 70.0 Å². The van der Waals surface area contributed by atoms with Gasteiger partial charge in [0.15, 0.2) is 0 Å². The molecule has 0 aliphatic carbocycles. The number of amides is 2. The van der Waals surface area contributed by atoms with Crippen LogP contribution in [0.25, 0.3) is 10.8 Å². The molecule has 7 nitrogen and oxygen atoms in total. The Bertz CT molecular complexity index is 1420. The zero-order chi connectivity index (χ0) is 27.4. The second kappa shape index (κ2) is 11.5. The highest BCUT2D eigenvalue weighted by molar-refractivity contribution is 7.93. The van der Waals surface area contributed by atoms with Crippen LogP contribution in [-0.4, -0.2) is 43.8 Å². The fourth-order valence-electron chi connectivity index (χ4n) is 4.86. The molecule has 0 saturated heterocycles. The summed E-state index contributed by atoms with van der Waals surface area (Å²) in [5.74, 6) is -0.870. The lowest BCUT2D eigenvalue weighted by Gasteiger charge is -2.31. The minimum Gasteiger partial charge on any atom is -0.352 e. The topological polar surface area (TPSA) is 86.8 Å². The number of nitrogens with zero attached hydrogens (tertiary/aromatic N) is 2. The van der Waals surface area contributed by atoms with Gasteiger partial charge >= 0.3 is 0 Å². The predicted octanol–water partition coefficient (Wildman–Crippen LogP) is 4.99. The van der Waals surface area contributed by atoms with Crippen LogP contribution in [-0.2, 0) is 26.2 Å². The summed E-state index contributed by atoms with van der Waals surface area (Å²) >= 11 is 0. The number of nitrogens with one attached hydrogen (secondary N) is 1. The van der Waals surface area contributed by atoms with Crippen molar-refractivity contribution in [3.8, 4) is 0 Å². The molecule has 1 aliphatic heterocycles. The van der Waals surface area contributed by atoms with E-state index in [-0.39, 0.29) is 54.5 Å². The Morgan fingerprint density at radius 2 is 1.68 bits per heavy atom. The zero-order valence-electron chi connectivity index (χ0n) is 22.0. The molecule has 3 aromatic rings. The average Bonchev–Trinajstić information content (AvgIpc) is 3.12. The Hall–Kier alpha value is -3.46. The first-order valence-electron chi connectivity index (χ1n) is 13.1. The number of rotatable bonds is 11. The Morgan fingerprint density at radius 3 is 2.34 bits per heavy atom. The van der Waals surface area contributed by atoms with Gasteiger partial charge in [-0.1, -0.05) is 50.2 Å². The van der Waals surface area contributed by atoms with Crippen LogP contribution in [0.3, 0.4) is 0 Å². The molecule has 38 heavy (non-hydrogen) atoms. The molecule has 2 atom stereocenters. The number of anilines is 1. The van der Waals surface area contributed by atoms with Gasteiger partial charge in [-0.2, -0.15) is 0 Å². The quantitative estimate of drug-likeness (QED) is 0.372. The molecule has 0 fully saturated rings. The van der Waals surface area contributed by atoms with Crippen molar-refractivity contribution in [1.29, 1.82) is 0 Å². The number of carbonyl (C=O) groups excluding carboxylic acids is 2. The van der Waals surface area contributed by atoms with E-state index >= 15 is 0 Å². The molecule has 0 saturated carbocycles. The van der Waals surface area contributed by atoms with Gasteiger partial charge in [-0.3, -0.25) is 13.9 Å². The minimum absolute atomic E-state index is 0.0379. The molecular weight excluding hydrogens is 505 g/mol. The highest BCUT2D eigenvalue weighted by Crippen LogP contribution is 2.42. The van der Waals surface area contributed by atoms with E-state index in [1.54, 1.807) is 30.3 Å². The van der Waals surface area contributed by atoms with Gasteiger partial charge in [-0.05, 0) is 61.4 Å². The molecule has 1 heterocycles. The normalized spacial score (nSPS) is 15.3. The van der Waals surface area contributed by atoms with E-state index in [0.29, 0.717) is 23.1 Å². The van der Waals surface area contributed by atoms with Gasteiger partial charge in [0.1, 0.15) is 11.9 Å². The van der Waals surface area contributed by atoms with Crippen LogP contribution in [0.5, 0.6) is 0 Å². The Kier molecular flexibility index (Phi) is 8.35. The number of benzene rings is 3. The molecule has 3 aromatic carbocycles. The van der Waals surface area contributed by atoms with E-state index in [0.717, 1.165) is 11.8 Å². The second-order valence-electron chi connectivity index (χ2n) is 9.70. The number of hydrogen-bond donors (Lipinski definition) is 1. The summed E-state index contributed by atoms with van der Waals surface area (Å²) in [6.45, 7) is 6.02. The third-order valence-electron chi connectivity index (χ3n) is 7.09. The maximum Gasteiger partial charge on any atom is 0.265 e. The zero-order valence-corrected chi connectivity index (χ0v) is 22.8. The fourth-order valence-corrected chi connectivity index (χ4v) is 6.61. The second-order valence-corrected chi connectivity index (χ2v) is 11.5. The van der Waals surface area contributed by atoms with E-state index in [4.69, 9.17) is 0 Å². The standard InChI is InChI=1S/C29H34FN3O4S/c1-4-20(3)31-29(35)24(5-2)32(19-21-14-16-23(30)17-15-21)27(34)13-8-18-33-25-11-6-9-22-10-7-12-26(28(22)25)38(33,36)37/h6-7,9-12,14-17,20,24H,4-5,8,13,18-19H2,1-3H3,(H,31,35)/t20-,24+/m1/s1. The molecule has 0 spiro atoms. The molecule has 4 rings (SSSR count). The minimum atomic E-state index is -3.71. The van der Waals surface area contributed by atoms with Crippen LogP contribution in [0, 0.1) is 5.82 Å². The van der Waals surface area contributed by atoms with Gasteiger partial charge in [0.25, 0.3) is 10.0 Å². The van der Waals surface area contributed by atoms with E-state index in [1.807, 2.05) is 39.0 Å². The molecule has 1 aliphatic rings. The fraction of sp³-hybridized carbons (Fsp3) is 0.379. The Labute approximate surface area is 223 Å². The van der Waals surface area contributed by atoms with Crippen LogP contribution in [0.4, 0.5) is 10.1 Å². The van der Waals surface area contributed by atoms with Crippen LogP contribution in [0.2, 0.25) is 0 Å². The van der Waals surface area contributed by atoms with Crippen molar-refractivity contribution in [1.82, 2.24) is 10.2 Å². The number of hydrogen-bond acceptors (Lipinski definition) is 4. The summed E-state index contributed by atoms with van der Waals surface area (Å²) in [7, 11) is -3.71. The number of sulfonamides is 1. The lowest BCUT2D eigenvalue weighted by molar-refractivity contribution is -0.141. The molecule has 1 N–H and O–H groups in total. The van der Waals surface area contributed by atoms with Crippen molar-refractivity contribution in [2.75, 3.05) is 10.8 Å². The molecule has 0 aromatic heterocycles. The third kappa shape index (κ3) is 5.53. The number of halogens is 1. The highest BCUT2D eigenvalue weighted by atomic mass is 32.2. The maximum absolute atomic E-state index is 13.5. The van der Waals surface area contributed by atoms with Gasteiger partial charge in [0, 0.05) is 30.9 Å². The predicted molar refractivity (Wildman–Crippen MR) is 147 cm³/mol. The summed E-state index contributed by atoms with van der Waals surface area (Å²) in [5, 5.41) is 4.52. The van der Waals surface area contributed by atoms with Gasteiger partial charge < -0.3 is 10.2 Å². The summed E-state index contributed by atoms with van der Waals surface area (Å²) in [5.41, 5.74) is 1.33. The lowest BCUT2D eigenvalue weighted by atomic mass is 10.1. The van der Waals surface area contributed by atoms with Crippen molar-refractivity contribution in [2.24, 2.45) is 0 Å². The first kappa shape index (κ1) is 27.6. The van der Waals surface area contributed by atoms with E-state index in [1.165, 1.54) is 21.3 Å². The SMILES string of the molecule is CC[C@@H](C)NC(=O)[C@H](CC)N(Cc1ccc(F)cc1)C(=O)CCCN1c2cccc3cccc(c23)S1(=O)=O. The van der Waals surface area contributed by atoms with Gasteiger partial charge in [0.2, 0.25) is 11.8 Å². The largest absolute Gasteiger partial charge is 0.352 e. The molecule has 202 valence electrons. The van der Waals surface area contributed by atoms with Crippen LogP contribution in [0.15, 0.2) is 65.6 Å². The smallest absolute Gasteiger partial charge is 0.265 e. The first-order valence-corrected chi connectivity index (χ1v) is 14.5. The highest BCUT2D eigenvalue weighted by Gasteiger charge is 2.35. The third-order valence-corrected chi connectivity index (χ3v) is 8.94. The molecule has 2 amide bonds. The Balaban J connectivity index is 1.52. The summed E-state index contributed by atoms with van der Waals surface area (Å²) < 4.78 is 41.4.